The Balaban J connectivity index is 2.46. The molecule has 0 saturated heterocycles. The minimum absolute atomic E-state index is 0.134. The van der Waals surface area contributed by atoms with Gasteiger partial charge in [-0.25, -0.2) is 0 Å². The average molecular weight is 243 g/mol. The molecule has 1 aliphatic heterocycles. The zero-order valence-electron chi connectivity index (χ0n) is 12.5. The van der Waals surface area contributed by atoms with E-state index >= 15 is 0 Å². The molecule has 0 radical (unpaired) electrons. The van der Waals surface area contributed by atoms with E-state index in [-0.39, 0.29) is 11.0 Å². The molecule has 0 fully saturated rings. The number of nitrogens with zero attached hydrogens (tertiary/aromatic N) is 1. The topological polar surface area (TPSA) is 3.24 Å². The predicted octanol–water partition coefficient (Wildman–Crippen LogP) is 4.66. The molecule has 1 heterocycles. The zero-order chi connectivity index (χ0) is 13.6. The molecule has 98 valence electrons. The van der Waals surface area contributed by atoms with Gasteiger partial charge in [-0.05, 0) is 49.8 Å². The smallest absolute Gasteiger partial charge is 0.0446 e. The van der Waals surface area contributed by atoms with Gasteiger partial charge >= 0.3 is 0 Å². The third kappa shape index (κ3) is 2.45. The first-order chi connectivity index (χ1) is 8.19. The van der Waals surface area contributed by atoms with Crippen LogP contribution in [0.15, 0.2) is 30.5 Å². The van der Waals surface area contributed by atoms with Crippen LogP contribution < -0.4 is 4.90 Å². The number of rotatable bonds is 0. The van der Waals surface area contributed by atoms with E-state index < -0.39 is 0 Å². The highest BCUT2D eigenvalue weighted by Crippen LogP contribution is 2.34. The van der Waals surface area contributed by atoms with Gasteiger partial charge in [-0.3, -0.25) is 0 Å². The van der Waals surface area contributed by atoms with Crippen molar-refractivity contribution in [3.05, 3.63) is 41.6 Å². The molecule has 0 N–H and O–H groups in total. The van der Waals surface area contributed by atoms with E-state index in [1.54, 1.807) is 0 Å². The number of hydrogen-bond acceptors (Lipinski definition) is 1. The van der Waals surface area contributed by atoms with E-state index in [9.17, 15) is 0 Å². The fourth-order valence-corrected chi connectivity index (χ4v) is 2.40. The molecular weight excluding hydrogens is 218 g/mol. The molecule has 0 atom stereocenters. The van der Waals surface area contributed by atoms with Crippen molar-refractivity contribution in [1.29, 1.82) is 0 Å². The largest absolute Gasteiger partial charge is 0.343 e. The highest BCUT2D eigenvalue weighted by molar-refractivity contribution is 5.62. The van der Waals surface area contributed by atoms with Crippen LogP contribution in [0.5, 0.6) is 0 Å². The molecule has 18 heavy (non-hydrogen) atoms. The summed E-state index contributed by atoms with van der Waals surface area (Å²) in [6.45, 7) is 13.6. The molecule has 1 nitrogen and oxygen atoms in total. The summed E-state index contributed by atoms with van der Waals surface area (Å²) in [5.41, 5.74) is 4.58. The molecule has 0 saturated carbocycles. The minimum Gasteiger partial charge on any atom is -0.343 e. The predicted molar refractivity (Wildman–Crippen MR) is 80.2 cm³/mol. The first-order valence-electron chi connectivity index (χ1n) is 6.79. The molecule has 1 heteroatoms. The van der Waals surface area contributed by atoms with E-state index in [0.29, 0.717) is 0 Å². The Morgan fingerprint density at radius 3 is 2.22 bits per heavy atom. The maximum absolute atomic E-state index is 2.37. The average Bonchev–Trinajstić information content (AvgIpc) is 2.25. The molecule has 0 spiro atoms. The fraction of sp³-hybridized carbons (Fsp3) is 0.529. The second kappa shape index (κ2) is 4.15. The Bertz CT molecular complexity index is 469. The third-order valence-electron chi connectivity index (χ3n) is 3.52. The number of hydrogen-bond donors (Lipinski definition) is 0. The Morgan fingerprint density at radius 2 is 1.67 bits per heavy atom. The highest BCUT2D eigenvalue weighted by Gasteiger charge is 2.25. The number of fused-ring (bicyclic) bond motifs is 1. The number of allylic oxidation sites excluding steroid dienone is 1. The van der Waals surface area contributed by atoms with Gasteiger partial charge in [0.05, 0.1) is 0 Å². The fourth-order valence-electron chi connectivity index (χ4n) is 2.40. The van der Waals surface area contributed by atoms with Crippen LogP contribution in [0.3, 0.4) is 0 Å². The Hall–Kier alpha value is -1.24. The maximum Gasteiger partial charge on any atom is 0.0446 e. The van der Waals surface area contributed by atoms with Crippen LogP contribution in [-0.4, -0.2) is 5.54 Å². The van der Waals surface area contributed by atoms with Crippen molar-refractivity contribution in [2.45, 2.75) is 58.9 Å². The van der Waals surface area contributed by atoms with Crippen molar-refractivity contribution in [3.8, 4) is 0 Å². The second-order valence-electron chi connectivity index (χ2n) is 7.22. The van der Waals surface area contributed by atoms with Crippen LogP contribution in [0.1, 0.15) is 52.7 Å². The minimum atomic E-state index is 0.134. The summed E-state index contributed by atoms with van der Waals surface area (Å²) < 4.78 is 0. The molecule has 0 unspecified atom stereocenters. The van der Waals surface area contributed by atoms with Crippen molar-refractivity contribution in [2.75, 3.05) is 4.90 Å². The Kier molecular flexibility index (Phi) is 3.04. The summed E-state index contributed by atoms with van der Waals surface area (Å²) in [6.07, 6.45) is 5.53. The van der Waals surface area contributed by atoms with Gasteiger partial charge in [0.15, 0.2) is 0 Å². The lowest BCUT2D eigenvalue weighted by atomic mass is 9.84. The third-order valence-corrected chi connectivity index (χ3v) is 3.52. The van der Waals surface area contributed by atoms with Gasteiger partial charge in [-0.2, -0.15) is 0 Å². The summed E-state index contributed by atoms with van der Waals surface area (Å²) in [5, 5.41) is 0. The molecular formula is C17H25N. The maximum atomic E-state index is 2.37. The molecule has 2 rings (SSSR count). The lowest BCUT2D eigenvalue weighted by Gasteiger charge is -2.38. The van der Waals surface area contributed by atoms with Gasteiger partial charge in [-0.1, -0.05) is 39.0 Å². The number of anilines is 1. The van der Waals surface area contributed by atoms with E-state index in [2.05, 4.69) is 76.9 Å². The van der Waals surface area contributed by atoms with E-state index in [4.69, 9.17) is 0 Å². The van der Waals surface area contributed by atoms with Crippen molar-refractivity contribution in [2.24, 2.45) is 0 Å². The standard InChI is InChI=1S/C17H25N/c1-16(2,3)14-9-10-15-13(12-14)8-7-11-18(15)17(4,5)6/h7,9-12H,8H2,1-6H3. The molecule has 1 aromatic rings. The lowest BCUT2D eigenvalue weighted by Crippen LogP contribution is -2.38. The first-order valence-corrected chi connectivity index (χ1v) is 6.79. The molecule has 1 aliphatic rings. The van der Waals surface area contributed by atoms with Crippen LogP contribution in [0.25, 0.3) is 0 Å². The first kappa shape index (κ1) is 13.2. The van der Waals surface area contributed by atoms with Crippen LogP contribution in [0.2, 0.25) is 0 Å². The number of benzene rings is 1. The van der Waals surface area contributed by atoms with Gasteiger partial charge in [0.25, 0.3) is 0 Å². The van der Waals surface area contributed by atoms with Crippen molar-refractivity contribution < 1.29 is 0 Å². The van der Waals surface area contributed by atoms with E-state index in [0.717, 1.165) is 6.42 Å². The van der Waals surface area contributed by atoms with Crippen molar-refractivity contribution in [1.82, 2.24) is 0 Å². The van der Waals surface area contributed by atoms with Gasteiger partial charge in [-0.15, -0.1) is 0 Å². The molecule has 1 aromatic carbocycles. The molecule has 0 aromatic heterocycles. The van der Waals surface area contributed by atoms with Crippen LogP contribution in [0.4, 0.5) is 5.69 Å². The molecule has 0 aliphatic carbocycles. The van der Waals surface area contributed by atoms with Gasteiger partial charge < -0.3 is 4.90 Å². The summed E-state index contributed by atoms with van der Waals surface area (Å²) in [4.78, 5) is 2.37. The van der Waals surface area contributed by atoms with Crippen molar-refractivity contribution >= 4 is 5.69 Å². The summed E-state index contributed by atoms with van der Waals surface area (Å²) in [5.74, 6) is 0. The Labute approximate surface area is 112 Å². The monoisotopic (exact) mass is 243 g/mol. The quantitative estimate of drug-likeness (QED) is 0.640. The molecule has 0 bridgehead atoms. The Morgan fingerprint density at radius 1 is 1.00 bits per heavy atom. The van der Waals surface area contributed by atoms with Crippen LogP contribution in [0, 0.1) is 0 Å². The van der Waals surface area contributed by atoms with Crippen molar-refractivity contribution in [3.63, 3.8) is 0 Å². The van der Waals surface area contributed by atoms with Crippen LogP contribution in [-0.2, 0) is 11.8 Å². The SMILES string of the molecule is CC(C)(C)c1ccc2c(c1)CC=CN2C(C)(C)C. The lowest BCUT2D eigenvalue weighted by molar-refractivity contribution is 0.550. The van der Waals surface area contributed by atoms with E-state index in [1.807, 2.05) is 0 Å². The molecule has 0 amide bonds. The normalized spacial score (nSPS) is 15.8. The summed E-state index contributed by atoms with van der Waals surface area (Å²) >= 11 is 0. The summed E-state index contributed by atoms with van der Waals surface area (Å²) in [7, 11) is 0. The van der Waals surface area contributed by atoms with Gasteiger partial charge in [0.1, 0.15) is 0 Å². The second-order valence-corrected chi connectivity index (χ2v) is 7.22. The van der Waals surface area contributed by atoms with E-state index in [1.165, 1.54) is 16.8 Å². The zero-order valence-corrected chi connectivity index (χ0v) is 12.5. The van der Waals surface area contributed by atoms with Crippen LogP contribution >= 0.6 is 0 Å². The summed E-state index contributed by atoms with van der Waals surface area (Å²) in [6, 6.07) is 6.93. The highest BCUT2D eigenvalue weighted by atomic mass is 15.2. The van der Waals surface area contributed by atoms with Gasteiger partial charge in [0.2, 0.25) is 0 Å². The van der Waals surface area contributed by atoms with Gasteiger partial charge in [0, 0.05) is 17.4 Å².